The predicted molar refractivity (Wildman–Crippen MR) is 73.3 cm³/mol. The van der Waals surface area contributed by atoms with Crippen molar-refractivity contribution in [2.24, 2.45) is 7.05 Å². The minimum Gasteiger partial charge on any atom is -0.384 e. The monoisotopic (exact) mass is 240 g/mol. The van der Waals surface area contributed by atoms with E-state index in [1.54, 1.807) is 4.68 Å². The van der Waals surface area contributed by atoms with E-state index in [1.165, 1.54) is 16.5 Å². The van der Waals surface area contributed by atoms with Gasteiger partial charge in [-0.3, -0.25) is 4.68 Å². The van der Waals surface area contributed by atoms with Crippen LogP contribution in [0, 0.1) is 0 Å². The maximum Gasteiger partial charge on any atom is 0.121 e. The number of nitrogens with two attached hydrogens (primary N) is 1. The second-order valence-corrected chi connectivity index (χ2v) is 4.54. The highest BCUT2D eigenvalue weighted by atomic mass is 15.3. The molecule has 0 amide bonds. The lowest BCUT2D eigenvalue weighted by Gasteiger charge is -1.97. The summed E-state index contributed by atoms with van der Waals surface area (Å²) in [6, 6.07) is 10.3. The Morgan fingerprint density at radius 2 is 2.11 bits per heavy atom. The van der Waals surface area contributed by atoms with Crippen LogP contribution in [-0.2, 0) is 19.9 Å². The summed E-state index contributed by atoms with van der Waals surface area (Å²) in [4.78, 5) is 3.29. The van der Waals surface area contributed by atoms with Crippen LogP contribution in [0.25, 0.3) is 10.9 Å². The van der Waals surface area contributed by atoms with Gasteiger partial charge >= 0.3 is 0 Å². The van der Waals surface area contributed by atoms with E-state index in [2.05, 4.69) is 34.5 Å². The van der Waals surface area contributed by atoms with Gasteiger partial charge in [-0.15, -0.1) is 0 Å². The van der Waals surface area contributed by atoms with Crippen LogP contribution in [0.1, 0.15) is 11.3 Å². The van der Waals surface area contributed by atoms with Crippen molar-refractivity contribution in [3.05, 3.63) is 47.8 Å². The molecule has 4 heteroatoms. The van der Waals surface area contributed by atoms with Gasteiger partial charge in [-0.1, -0.05) is 18.2 Å². The van der Waals surface area contributed by atoms with E-state index in [0.717, 1.165) is 18.5 Å². The van der Waals surface area contributed by atoms with Gasteiger partial charge in [0.25, 0.3) is 0 Å². The third-order valence-electron chi connectivity index (χ3n) is 3.29. The molecule has 0 atom stereocenters. The number of nitrogens with zero attached hydrogens (tertiary/aromatic N) is 2. The minimum absolute atomic E-state index is 0.712. The van der Waals surface area contributed by atoms with Gasteiger partial charge in [0.05, 0.1) is 5.69 Å². The van der Waals surface area contributed by atoms with Crippen molar-refractivity contribution in [2.75, 3.05) is 5.73 Å². The fourth-order valence-electron chi connectivity index (χ4n) is 2.27. The molecule has 0 saturated carbocycles. The summed E-state index contributed by atoms with van der Waals surface area (Å²) in [6.45, 7) is 0. The van der Waals surface area contributed by atoms with Gasteiger partial charge in [-0.2, -0.15) is 5.10 Å². The Morgan fingerprint density at radius 1 is 1.28 bits per heavy atom. The summed E-state index contributed by atoms with van der Waals surface area (Å²) in [5, 5.41) is 5.66. The maximum atomic E-state index is 5.77. The van der Waals surface area contributed by atoms with E-state index < -0.39 is 0 Å². The summed E-state index contributed by atoms with van der Waals surface area (Å²) < 4.78 is 1.71. The number of nitrogen functional groups attached to an aromatic ring is 1. The molecule has 0 fully saturated rings. The lowest BCUT2D eigenvalue weighted by atomic mass is 10.1. The molecule has 0 aliphatic rings. The molecule has 3 rings (SSSR count). The number of aromatic nitrogens is 3. The van der Waals surface area contributed by atoms with Crippen LogP contribution in [-0.4, -0.2) is 14.8 Å². The number of anilines is 1. The molecule has 3 N–H and O–H groups in total. The summed E-state index contributed by atoms with van der Waals surface area (Å²) in [5.41, 5.74) is 9.33. The molecule has 18 heavy (non-hydrogen) atoms. The first-order valence-corrected chi connectivity index (χ1v) is 6.07. The van der Waals surface area contributed by atoms with E-state index in [1.807, 2.05) is 19.2 Å². The molecule has 2 heterocycles. The van der Waals surface area contributed by atoms with Crippen molar-refractivity contribution in [3.8, 4) is 0 Å². The predicted octanol–water partition coefficient (Wildman–Crippen LogP) is 2.27. The summed E-state index contributed by atoms with van der Waals surface area (Å²) in [6.07, 6.45) is 3.96. The lowest BCUT2D eigenvalue weighted by molar-refractivity contribution is 0.746. The molecule has 1 aromatic carbocycles. The normalized spacial score (nSPS) is 11.2. The van der Waals surface area contributed by atoms with Gasteiger partial charge in [-0.05, 0) is 24.5 Å². The zero-order chi connectivity index (χ0) is 12.5. The Bertz CT molecular complexity index is 658. The lowest BCUT2D eigenvalue weighted by Crippen LogP contribution is -1.97. The van der Waals surface area contributed by atoms with Gasteiger partial charge in [0.15, 0.2) is 0 Å². The molecule has 92 valence electrons. The van der Waals surface area contributed by atoms with Crippen LogP contribution in [0.2, 0.25) is 0 Å². The Kier molecular flexibility index (Phi) is 2.55. The first-order chi connectivity index (χ1) is 8.74. The Hall–Kier alpha value is -2.23. The van der Waals surface area contributed by atoms with Crippen LogP contribution < -0.4 is 5.73 Å². The van der Waals surface area contributed by atoms with Gasteiger partial charge in [0.1, 0.15) is 5.82 Å². The second kappa shape index (κ2) is 4.22. The first kappa shape index (κ1) is 10.9. The summed E-state index contributed by atoms with van der Waals surface area (Å²) in [7, 11) is 1.87. The Labute approximate surface area is 105 Å². The number of benzene rings is 1. The van der Waals surface area contributed by atoms with E-state index in [9.17, 15) is 0 Å². The van der Waals surface area contributed by atoms with Crippen molar-refractivity contribution in [1.82, 2.24) is 14.8 Å². The Morgan fingerprint density at radius 3 is 2.89 bits per heavy atom. The van der Waals surface area contributed by atoms with E-state index >= 15 is 0 Å². The number of fused-ring (bicyclic) bond motifs is 1. The van der Waals surface area contributed by atoms with Crippen molar-refractivity contribution in [3.63, 3.8) is 0 Å². The third-order valence-corrected chi connectivity index (χ3v) is 3.29. The number of aryl methyl sites for hydroxylation is 3. The van der Waals surface area contributed by atoms with Crippen molar-refractivity contribution >= 4 is 16.7 Å². The summed E-state index contributed by atoms with van der Waals surface area (Å²) in [5.74, 6) is 0.712. The smallest absolute Gasteiger partial charge is 0.121 e. The van der Waals surface area contributed by atoms with Crippen LogP contribution in [0.15, 0.2) is 36.5 Å². The topological polar surface area (TPSA) is 59.6 Å². The first-order valence-electron chi connectivity index (χ1n) is 6.07. The van der Waals surface area contributed by atoms with Crippen LogP contribution in [0.4, 0.5) is 5.82 Å². The number of H-pyrrole nitrogens is 1. The third kappa shape index (κ3) is 1.86. The quantitative estimate of drug-likeness (QED) is 0.737. The van der Waals surface area contributed by atoms with Crippen LogP contribution in [0.5, 0.6) is 0 Å². The largest absolute Gasteiger partial charge is 0.384 e. The van der Waals surface area contributed by atoms with Crippen LogP contribution >= 0.6 is 0 Å². The number of aromatic amines is 1. The molecular formula is C14H16N4. The van der Waals surface area contributed by atoms with Crippen molar-refractivity contribution < 1.29 is 0 Å². The van der Waals surface area contributed by atoms with E-state index in [4.69, 9.17) is 5.73 Å². The molecular weight excluding hydrogens is 224 g/mol. The molecule has 4 nitrogen and oxygen atoms in total. The standard InChI is InChI=1S/C14H16N4/c1-18-14(15)8-11(17-18)7-6-10-9-16-13-5-3-2-4-12(10)13/h2-5,8-9,16H,6-7,15H2,1H3. The van der Waals surface area contributed by atoms with Gasteiger partial charge in [0, 0.05) is 30.2 Å². The highest BCUT2D eigenvalue weighted by molar-refractivity contribution is 5.83. The van der Waals surface area contributed by atoms with Gasteiger partial charge in [0.2, 0.25) is 0 Å². The number of para-hydroxylation sites is 1. The SMILES string of the molecule is Cn1nc(CCc2c[nH]c3ccccc23)cc1N. The van der Waals surface area contributed by atoms with E-state index in [-0.39, 0.29) is 0 Å². The number of rotatable bonds is 3. The number of hydrogen-bond donors (Lipinski definition) is 2. The van der Waals surface area contributed by atoms with Gasteiger partial charge in [-0.25, -0.2) is 0 Å². The molecule has 0 aliphatic heterocycles. The zero-order valence-corrected chi connectivity index (χ0v) is 10.4. The minimum atomic E-state index is 0.712. The molecule has 0 spiro atoms. The van der Waals surface area contributed by atoms with Gasteiger partial charge < -0.3 is 10.7 Å². The van der Waals surface area contributed by atoms with Crippen molar-refractivity contribution in [1.29, 1.82) is 0 Å². The summed E-state index contributed by atoms with van der Waals surface area (Å²) >= 11 is 0. The van der Waals surface area contributed by atoms with Crippen molar-refractivity contribution in [2.45, 2.75) is 12.8 Å². The fourth-order valence-corrected chi connectivity index (χ4v) is 2.27. The number of nitrogens with one attached hydrogen (secondary N) is 1. The molecule has 2 aromatic heterocycles. The zero-order valence-electron chi connectivity index (χ0n) is 10.4. The second-order valence-electron chi connectivity index (χ2n) is 4.54. The molecule has 0 unspecified atom stereocenters. The van der Waals surface area contributed by atoms with Crippen LogP contribution in [0.3, 0.4) is 0 Å². The highest BCUT2D eigenvalue weighted by Gasteiger charge is 2.06. The van der Waals surface area contributed by atoms with E-state index in [0.29, 0.717) is 5.82 Å². The highest BCUT2D eigenvalue weighted by Crippen LogP contribution is 2.19. The fraction of sp³-hybridized carbons (Fsp3) is 0.214. The average molecular weight is 240 g/mol. The molecule has 0 bridgehead atoms. The Balaban J connectivity index is 1.81. The maximum absolute atomic E-state index is 5.77. The average Bonchev–Trinajstić information content (AvgIpc) is 2.92. The number of hydrogen-bond acceptors (Lipinski definition) is 2. The molecule has 0 saturated heterocycles. The molecule has 0 aliphatic carbocycles. The molecule has 3 aromatic rings. The molecule has 0 radical (unpaired) electrons.